The lowest BCUT2D eigenvalue weighted by Gasteiger charge is -2.28. The number of aliphatic hydroxyl groups excluding tert-OH is 1. The zero-order valence-electron chi connectivity index (χ0n) is 20.4. The van der Waals surface area contributed by atoms with Gasteiger partial charge in [-0.3, -0.25) is 14.6 Å². The van der Waals surface area contributed by atoms with Crippen molar-refractivity contribution in [3.05, 3.63) is 89.2 Å². The number of rotatable bonds is 9. The molecule has 0 aliphatic carbocycles. The SMILES string of the molecule is COc1ccc(C(C(=O)Cc2ccc([Si](C)(C)C)cc2)N(C)C(=O)c2ccc(CO)nc2)cc1. The predicted octanol–water partition coefficient (Wildman–Crippen LogP) is 3.75. The van der Waals surface area contributed by atoms with Crippen molar-refractivity contribution in [2.24, 2.45) is 0 Å². The molecule has 0 radical (unpaired) electrons. The van der Waals surface area contributed by atoms with Gasteiger partial charge in [0.2, 0.25) is 0 Å². The van der Waals surface area contributed by atoms with Gasteiger partial charge in [-0.15, -0.1) is 0 Å². The van der Waals surface area contributed by atoms with Crippen molar-refractivity contribution >= 4 is 25.0 Å². The summed E-state index contributed by atoms with van der Waals surface area (Å²) in [6, 6.07) is 17.9. The minimum Gasteiger partial charge on any atom is -0.497 e. The minimum atomic E-state index is -1.43. The van der Waals surface area contributed by atoms with E-state index in [1.807, 2.05) is 24.3 Å². The number of amides is 1. The smallest absolute Gasteiger partial charge is 0.256 e. The Bertz CT molecular complexity index is 1120. The van der Waals surface area contributed by atoms with Crippen LogP contribution in [0.1, 0.15) is 33.2 Å². The van der Waals surface area contributed by atoms with Gasteiger partial charge in [0.05, 0.1) is 33.0 Å². The van der Waals surface area contributed by atoms with Crippen LogP contribution in [0, 0.1) is 0 Å². The van der Waals surface area contributed by atoms with E-state index in [4.69, 9.17) is 4.74 Å². The highest BCUT2D eigenvalue weighted by Crippen LogP contribution is 2.26. The normalized spacial score (nSPS) is 12.2. The molecule has 1 aromatic heterocycles. The van der Waals surface area contributed by atoms with E-state index < -0.39 is 14.1 Å². The molecule has 1 amide bonds. The van der Waals surface area contributed by atoms with Gasteiger partial charge in [-0.25, -0.2) is 0 Å². The van der Waals surface area contributed by atoms with E-state index in [9.17, 15) is 14.7 Å². The predicted molar refractivity (Wildman–Crippen MR) is 136 cm³/mol. The molecule has 1 unspecified atom stereocenters. The maximum Gasteiger partial charge on any atom is 0.256 e. The third-order valence-corrected chi connectivity index (χ3v) is 7.94. The Balaban J connectivity index is 1.90. The van der Waals surface area contributed by atoms with E-state index in [1.165, 1.54) is 16.3 Å². The molecule has 2 aromatic carbocycles. The number of ketones is 1. The van der Waals surface area contributed by atoms with Crippen molar-refractivity contribution in [3.8, 4) is 5.75 Å². The van der Waals surface area contributed by atoms with Crippen molar-refractivity contribution in [3.63, 3.8) is 0 Å². The van der Waals surface area contributed by atoms with E-state index in [-0.39, 0.29) is 24.7 Å². The number of nitrogens with zero attached hydrogens (tertiary/aromatic N) is 2. The van der Waals surface area contributed by atoms with E-state index in [0.29, 0.717) is 22.6 Å². The van der Waals surface area contributed by atoms with Crippen LogP contribution in [0.15, 0.2) is 66.9 Å². The first-order chi connectivity index (χ1) is 16.1. The number of likely N-dealkylation sites (N-methyl/N-ethyl adjacent to an activating group) is 1. The molecule has 34 heavy (non-hydrogen) atoms. The van der Waals surface area contributed by atoms with Crippen LogP contribution in [-0.4, -0.2) is 48.9 Å². The Hall–Kier alpha value is -3.29. The van der Waals surface area contributed by atoms with Crippen molar-refractivity contribution in [1.82, 2.24) is 9.88 Å². The molecule has 0 aliphatic rings. The first-order valence-electron chi connectivity index (χ1n) is 11.2. The Labute approximate surface area is 202 Å². The molecular formula is C27H32N2O4Si. The lowest BCUT2D eigenvalue weighted by Crippen LogP contribution is -2.38. The maximum absolute atomic E-state index is 13.6. The fraction of sp³-hybridized carbons (Fsp3) is 0.296. The fourth-order valence-electron chi connectivity index (χ4n) is 3.80. The van der Waals surface area contributed by atoms with E-state index in [1.54, 1.807) is 38.4 Å². The summed E-state index contributed by atoms with van der Waals surface area (Å²) >= 11 is 0. The minimum absolute atomic E-state index is 0.0818. The molecule has 0 fully saturated rings. The molecule has 0 spiro atoms. The Kier molecular flexibility index (Phi) is 8.01. The molecule has 0 saturated carbocycles. The van der Waals surface area contributed by atoms with Crippen LogP contribution < -0.4 is 9.92 Å². The fourth-order valence-corrected chi connectivity index (χ4v) is 4.96. The second-order valence-corrected chi connectivity index (χ2v) is 14.5. The summed E-state index contributed by atoms with van der Waals surface area (Å²) in [5, 5.41) is 10.6. The van der Waals surface area contributed by atoms with Crippen molar-refractivity contribution in [2.45, 2.75) is 38.7 Å². The van der Waals surface area contributed by atoms with Crippen LogP contribution in [0.2, 0.25) is 19.6 Å². The molecule has 7 heteroatoms. The Morgan fingerprint density at radius 1 is 1.00 bits per heavy atom. The highest BCUT2D eigenvalue weighted by Gasteiger charge is 2.29. The number of hydrogen-bond donors (Lipinski definition) is 1. The van der Waals surface area contributed by atoms with Gasteiger partial charge in [0.25, 0.3) is 5.91 Å². The number of hydrogen-bond acceptors (Lipinski definition) is 5. The lowest BCUT2D eigenvalue weighted by molar-refractivity contribution is -0.122. The lowest BCUT2D eigenvalue weighted by atomic mass is 9.95. The maximum atomic E-state index is 13.6. The highest BCUT2D eigenvalue weighted by atomic mass is 28.3. The third kappa shape index (κ3) is 5.98. The van der Waals surface area contributed by atoms with Gasteiger partial charge < -0.3 is 14.7 Å². The van der Waals surface area contributed by atoms with Gasteiger partial charge in [0.15, 0.2) is 5.78 Å². The molecule has 1 atom stereocenters. The van der Waals surface area contributed by atoms with E-state index >= 15 is 0 Å². The van der Waals surface area contributed by atoms with E-state index in [0.717, 1.165) is 5.56 Å². The molecule has 3 rings (SSSR count). The number of aliphatic hydroxyl groups is 1. The molecule has 178 valence electrons. The molecule has 0 bridgehead atoms. The topological polar surface area (TPSA) is 79.7 Å². The second-order valence-electron chi connectivity index (χ2n) is 9.38. The van der Waals surface area contributed by atoms with Gasteiger partial charge in [0.1, 0.15) is 11.8 Å². The molecular weight excluding hydrogens is 444 g/mol. The van der Waals surface area contributed by atoms with Crippen LogP contribution in [0.5, 0.6) is 5.75 Å². The van der Waals surface area contributed by atoms with Crippen molar-refractivity contribution in [1.29, 1.82) is 0 Å². The number of aromatic nitrogens is 1. The number of Topliss-reactive ketones (excluding diaryl/α,β-unsaturated/α-hetero) is 1. The summed E-state index contributed by atoms with van der Waals surface area (Å²) in [4.78, 5) is 32.4. The summed E-state index contributed by atoms with van der Waals surface area (Å²) < 4.78 is 5.25. The Morgan fingerprint density at radius 2 is 1.65 bits per heavy atom. The molecule has 1 N–H and O–H groups in total. The van der Waals surface area contributed by atoms with Crippen LogP contribution in [0.25, 0.3) is 0 Å². The summed E-state index contributed by atoms with van der Waals surface area (Å²) in [5.74, 6) is 0.275. The van der Waals surface area contributed by atoms with Gasteiger partial charge in [-0.2, -0.15) is 0 Å². The summed E-state index contributed by atoms with van der Waals surface area (Å²) in [6.45, 7) is 6.66. The number of methoxy groups -OCH3 is 1. The monoisotopic (exact) mass is 476 g/mol. The van der Waals surface area contributed by atoms with Crippen molar-refractivity contribution < 1.29 is 19.4 Å². The molecule has 3 aromatic rings. The first kappa shape index (κ1) is 25.3. The van der Waals surface area contributed by atoms with E-state index in [2.05, 4.69) is 36.8 Å². The second kappa shape index (κ2) is 10.8. The standard InChI is InChI=1S/C27H32N2O4Si/c1-29(27(32)21-8-11-22(18-30)28-17-21)26(20-9-12-23(33-2)13-10-20)25(31)16-19-6-14-24(15-7-19)34(3,4)5/h6-15,17,26,30H,16,18H2,1-5H3. The van der Waals surface area contributed by atoms with Gasteiger partial charge in [-0.05, 0) is 35.4 Å². The summed E-state index contributed by atoms with van der Waals surface area (Å²) in [7, 11) is 1.78. The van der Waals surface area contributed by atoms with Crippen LogP contribution in [0.4, 0.5) is 0 Å². The highest BCUT2D eigenvalue weighted by molar-refractivity contribution is 6.88. The van der Waals surface area contributed by atoms with Crippen molar-refractivity contribution in [2.75, 3.05) is 14.2 Å². The number of benzene rings is 2. The molecule has 1 heterocycles. The van der Waals surface area contributed by atoms with Crippen LogP contribution in [0.3, 0.4) is 0 Å². The first-order valence-corrected chi connectivity index (χ1v) is 14.7. The van der Waals surface area contributed by atoms with Crippen LogP contribution >= 0.6 is 0 Å². The molecule has 0 saturated heterocycles. The van der Waals surface area contributed by atoms with Gasteiger partial charge in [0, 0.05) is 19.7 Å². The number of pyridine rings is 1. The quantitative estimate of drug-likeness (QED) is 0.476. The number of ether oxygens (including phenoxy) is 1. The van der Waals surface area contributed by atoms with Gasteiger partial charge >= 0.3 is 0 Å². The Morgan fingerprint density at radius 3 is 2.15 bits per heavy atom. The van der Waals surface area contributed by atoms with Gasteiger partial charge in [-0.1, -0.05) is 61.2 Å². The zero-order valence-corrected chi connectivity index (χ0v) is 21.4. The third-order valence-electron chi connectivity index (χ3n) is 5.88. The average Bonchev–Trinajstić information content (AvgIpc) is 2.84. The summed E-state index contributed by atoms with van der Waals surface area (Å²) in [5.41, 5.74) is 2.45. The average molecular weight is 477 g/mol. The van der Waals surface area contributed by atoms with Crippen LogP contribution in [-0.2, 0) is 17.8 Å². The molecule has 0 aliphatic heterocycles. The largest absolute Gasteiger partial charge is 0.497 e. The number of carbonyl (C=O) groups excluding carboxylic acids is 2. The zero-order chi connectivity index (χ0) is 24.9. The summed E-state index contributed by atoms with van der Waals surface area (Å²) in [6.07, 6.45) is 1.64. The number of carbonyl (C=O) groups is 2. The molecule has 6 nitrogen and oxygen atoms in total.